The van der Waals surface area contributed by atoms with Gasteiger partial charge in [0.25, 0.3) is 5.69 Å². The summed E-state index contributed by atoms with van der Waals surface area (Å²) in [5, 5.41) is 16.8. The zero-order valence-electron chi connectivity index (χ0n) is 15.1. The quantitative estimate of drug-likeness (QED) is 0.535. The van der Waals surface area contributed by atoms with E-state index in [0.29, 0.717) is 18.7 Å². The van der Waals surface area contributed by atoms with Crippen molar-refractivity contribution in [3.63, 3.8) is 0 Å². The molecule has 26 heavy (non-hydrogen) atoms. The summed E-state index contributed by atoms with van der Waals surface area (Å²) in [7, 11) is 0. The van der Waals surface area contributed by atoms with Gasteiger partial charge in [-0.15, -0.1) is 0 Å². The first-order valence-corrected chi connectivity index (χ1v) is 9.00. The molecule has 8 heteroatoms. The molecule has 2 amide bonds. The van der Waals surface area contributed by atoms with Crippen LogP contribution in [0.5, 0.6) is 0 Å². The van der Waals surface area contributed by atoms with E-state index >= 15 is 0 Å². The molecule has 1 aromatic carbocycles. The van der Waals surface area contributed by atoms with Crippen molar-refractivity contribution in [2.45, 2.75) is 38.6 Å². The molecule has 1 heterocycles. The number of nitro benzene ring substituents is 1. The third-order valence-electron chi connectivity index (χ3n) is 4.43. The fourth-order valence-corrected chi connectivity index (χ4v) is 3.05. The lowest BCUT2D eigenvalue weighted by Crippen LogP contribution is -2.47. The highest BCUT2D eigenvalue weighted by Crippen LogP contribution is 2.18. The normalized spacial score (nSPS) is 15.4. The van der Waals surface area contributed by atoms with Crippen LogP contribution >= 0.6 is 0 Å². The highest BCUT2D eigenvalue weighted by atomic mass is 16.6. The van der Waals surface area contributed by atoms with Crippen LogP contribution in [0.25, 0.3) is 0 Å². The molecule has 0 saturated carbocycles. The van der Waals surface area contributed by atoms with E-state index in [0.717, 1.165) is 32.4 Å². The summed E-state index contributed by atoms with van der Waals surface area (Å²) in [6.07, 6.45) is 2.45. The van der Waals surface area contributed by atoms with Gasteiger partial charge in [-0.2, -0.15) is 0 Å². The molecule has 1 saturated heterocycles. The van der Waals surface area contributed by atoms with Gasteiger partial charge >= 0.3 is 0 Å². The van der Waals surface area contributed by atoms with Crippen molar-refractivity contribution in [3.05, 3.63) is 39.9 Å². The van der Waals surface area contributed by atoms with Gasteiger partial charge in [-0.05, 0) is 19.3 Å². The second-order valence-corrected chi connectivity index (χ2v) is 6.53. The van der Waals surface area contributed by atoms with Crippen LogP contribution in [-0.4, -0.2) is 53.9 Å². The van der Waals surface area contributed by atoms with Crippen LogP contribution in [0, 0.1) is 10.1 Å². The molecule has 0 unspecified atom stereocenters. The fourth-order valence-electron chi connectivity index (χ4n) is 3.05. The minimum atomic E-state index is -0.468. The number of carbonyl (C=O) groups is 2. The maximum Gasteiger partial charge on any atom is 0.273 e. The zero-order chi connectivity index (χ0) is 18.9. The van der Waals surface area contributed by atoms with Crippen LogP contribution in [0.1, 0.15) is 31.7 Å². The van der Waals surface area contributed by atoms with Gasteiger partial charge in [0, 0.05) is 37.3 Å². The van der Waals surface area contributed by atoms with Crippen molar-refractivity contribution in [1.82, 2.24) is 15.5 Å². The van der Waals surface area contributed by atoms with Gasteiger partial charge in [0.1, 0.15) is 0 Å². The number of para-hydroxylation sites is 1. The van der Waals surface area contributed by atoms with E-state index in [4.69, 9.17) is 0 Å². The summed E-state index contributed by atoms with van der Waals surface area (Å²) >= 11 is 0. The first kappa shape index (κ1) is 19.8. The fraction of sp³-hybridized carbons (Fsp3) is 0.556. The number of hydrogen-bond acceptors (Lipinski definition) is 5. The molecule has 0 radical (unpaired) electrons. The molecule has 0 aromatic heterocycles. The first-order chi connectivity index (χ1) is 12.5. The van der Waals surface area contributed by atoms with Crippen molar-refractivity contribution in [1.29, 1.82) is 0 Å². The van der Waals surface area contributed by atoms with E-state index in [-0.39, 0.29) is 30.0 Å². The Hall–Kier alpha value is -2.48. The lowest BCUT2D eigenvalue weighted by atomic mass is 10.0. The second kappa shape index (κ2) is 9.86. The maximum absolute atomic E-state index is 12.2. The average molecular weight is 362 g/mol. The monoisotopic (exact) mass is 362 g/mol. The highest BCUT2D eigenvalue weighted by Gasteiger charge is 2.23. The predicted octanol–water partition coefficient (Wildman–Crippen LogP) is 1.24. The lowest BCUT2D eigenvalue weighted by Gasteiger charge is -2.31. The molecule has 0 bridgehead atoms. The van der Waals surface area contributed by atoms with E-state index in [2.05, 4.69) is 15.5 Å². The number of hydrogen-bond donors (Lipinski definition) is 2. The molecule has 142 valence electrons. The Bertz CT molecular complexity index is 642. The van der Waals surface area contributed by atoms with Gasteiger partial charge in [-0.25, -0.2) is 0 Å². The van der Waals surface area contributed by atoms with Crippen molar-refractivity contribution in [2.24, 2.45) is 0 Å². The SMILES string of the molecule is CCCNC(=O)CN1CCC(NC(=O)Cc2ccccc2[N+](=O)[O-])CC1. The minimum absolute atomic E-state index is 0.00318. The summed E-state index contributed by atoms with van der Waals surface area (Å²) in [5.74, 6) is -0.177. The van der Waals surface area contributed by atoms with Gasteiger partial charge in [-0.1, -0.05) is 25.1 Å². The molecule has 0 spiro atoms. The van der Waals surface area contributed by atoms with Crippen LogP contribution in [0.3, 0.4) is 0 Å². The van der Waals surface area contributed by atoms with Crippen molar-refractivity contribution < 1.29 is 14.5 Å². The number of benzene rings is 1. The summed E-state index contributed by atoms with van der Waals surface area (Å²) in [6, 6.07) is 6.34. The first-order valence-electron chi connectivity index (χ1n) is 9.00. The molecule has 2 rings (SSSR count). The van der Waals surface area contributed by atoms with Crippen LogP contribution in [-0.2, 0) is 16.0 Å². The van der Waals surface area contributed by atoms with Crippen molar-refractivity contribution >= 4 is 17.5 Å². The highest BCUT2D eigenvalue weighted by molar-refractivity contribution is 5.80. The van der Waals surface area contributed by atoms with E-state index in [1.165, 1.54) is 6.07 Å². The van der Waals surface area contributed by atoms with Crippen molar-refractivity contribution in [3.8, 4) is 0 Å². The molecule has 1 aromatic rings. The molecule has 8 nitrogen and oxygen atoms in total. The van der Waals surface area contributed by atoms with E-state index < -0.39 is 4.92 Å². The Balaban J connectivity index is 1.76. The zero-order valence-corrected chi connectivity index (χ0v) is 15.1. The molecule has 2 N–H and O–H groups in total. The minimum Gasteiger partial charge on any atom is -0.355 e. The number of nitrogens with one attached hydrogen (secondary N) is 2. The number of rotatable bonds is 8. The number of piperidine rings is 1. The number of nitro groups is 1. The summed E-state index contributed by atoms with van der Waals surface area (Å²) in [4.78, 5) is 36.6. The molecule has 0 aliphatic carbocycles. The number of amides is 2. The Morgan fingerprint density at radius 3 is 2.58 bits per heavy atom. The molecule has 1 aliphatic heterocycles. The van der Waals surface area contributed by atoms with Crippen molar-refractivity contribution in [2.75, 3.05) is 26.2 Å². The Morgan fingerprint density at radius 1 is 1.23 bits per heavy atom. The molecule has 1 aliphatic rings. The largest absolute Gasteiger partial charge is 0.355 e. The van der Waals surface area contributed by atoms with Crippen LogP contribution in [0.2, 0.25) is 0 Å². The van der Waals surface area contributed by atoms with Gasteiger partial charge in [0.05, 0.1) is 17.9 Å². The summed E-state index contributed by atoms with van der Waals surface area (Å²) in [6.45, 7) is 4.58. The Labute approximate surface area is 153 Å². The number of nitrogens with zero attached hydrogens (tertiary/aromatic N) is 2. The van der Waals surface area contributed by atoms with Gasteiger partial charge in [0.15, 0.2) is 0 Å². The second-order valence-electron chi connectivity index (χ2n) is 6.53. The van der Waals surface area contributed by atoms with E-state index in [1.54, 1.807) is 18.2 Å². The van der Waals surface area contributed by atoms with Gasteiger partial charge in [0.2, 0.25) is 11.8 Å². The smallest absolute Gasteiger partial charge is 0.273 e. The third-order valence-corrected chi connectivity index (χ3v) is 4.43. The van der Waals surface area contributed by atoms with Gasteiger partial charge in [-0.3, -0.25) is 24.6 Å². The Kier molecular flexibility index (Phi) is 7.53. The average Bonchev–Trinajstić information content (AvgIpc) is 2.62. The molecular formula is C18H26N4O4. The third kappa shape index (κ3) is 6.11. The number of likely N-dealkylation sites (tertiary alicyclic amines) is 1. The van der Waals surface area contributed by atoms with E-state index in [9.17, 15) is 19.7 Å². The maximum atomic E-state index is 12.2. The van der Waals surface area contributed by atoms with Crippen LogP contribution in [0.4, 0.5) is 5.69 Å². The lowest BCUT2D eigenvalue weighted by molar-refractivity contribution is -0.385. The molecule has 0 atom stereocenters. The Morgan fingerprint density at radius 2 is 1.92 bits per heavy atom. The van der Waals surface area contributed by atoms with Gasteiger partial charge < -0.3 is 10.6 Å². The molecule has 1 fully saturated rings. The number of carbonyl (C=O) groups excluding carboxylic acids is 2. The van der Waals surface area contributed by atoms with Crippen LogP contribution in [0.15, 0.2) is 24.3 Å². The standard InChI is InChI=1S/C18H26N4O4/c1-2-9-19-18(24)13-21-10-7-15(8-11-21)20-17(23)12-14-5-3-4-6-16(14)22(25)26/h3-6,15H,2,7-13H2,1H3,(H,19,24)(H,20,23). The molecular weight excluding hydrogens is 336 g/mol. The van der Waals surface area contributed by atoms with Crippen LogP contribution < -0.4 is 10.6 Å². The summed E-state index contributed by atoms with van der Waals surface area (Å²) < 4.78 is 0. The van der Waals surface area contributed by atoms with E-state index in [1.807, 2.05) is 6.92 Å². The predicted molar refractivity (Wildman–Crippen MR) is 97.7 cm³/mol. The summed E-state index contributed by atoms with van der Waals surface area (Å²) in [5.41, 5.74) is 0.385. The topological polar surface area (TPSA) is 105 Å².